The van der Waals surface area contributed by atoms with E-state index in [-0.39, 0.29) is 5.41 Å². The lowest BCUT2D eigenvalue weighted by molar-refractivity contribution is -0.00518. The molecule has 0 spiro atoms. The van der Waals surface area contributed by atoms with Crippen molar-refractivity contribution in [1.29, 1.82) is 0 Å². The number of rotatable bonds is 4. The Morgan fingerprint density at radius 3 is 1.78 bits per heavy atom. The Kier molecular flexibility index (Phi) is 6.02. The fraction of sp³-hybridized carbons (Fsp3) is 0.318. The molecule has 1 heterocycles. The van der Waals surface area contributed by atoms with Crippen molar-refractivity contribution in [3.8, 4) is 27.9 Å². The van der Waals surface area contributed by atoms with Crippen LogP contribution in [0.3, 0.4) is 0 Å². The molecule has 0 aliphatic heterocycles. The van der Waals surface area contributed by atoms with Gasteiger partial charge in [-0.05, 0) is 131 Å². The van der Waals surface area contributed by atoms with Gasteiger partial charge in [-0.15, -0.1) is 0 Å². The van der Waals surface area contributed by atoms with Gasteiger partial charge >= 0.3 is 0 Å². The highest BCUT2D eigenvalue weighted by Crippen LogP contribution is 2.60. The Labute approximate surface area is 267 Å². The first-order valence-electron chi connectivity index (χ1n) is 17.2. The van der Waals surface area contributed by atoms with Gasteiger partial charge in [-0.25, -0.2) is 0 Å². The number of fused-ring (bicyclic) bond motifs is 3. The maximum absolute atomic E-state index is 2.50. The zero-order chi connectivity index (χ0) is 30.3. The molecule has 0 saturated heterocycles. The summed E-state index contributed by atoms with van der Waals surface area (Å²) in [5.74, 6) is 2.92. The van der Waals surface area contributed by atoms with E-state index in [1.807, 2.05) is 0 Å². The smallest absolute Gasteiger partial charge is 0.0547 e. The summed E-state index contributed by atoms with van der Waals surface area (Å²) in [5.41, 5.74) is 12.4. The molecule has 4 saturated carbocycles. The van der Waals surface area contributed by atoms with Crippen molar-refractivity contribution in [3.05, 3.63) is 126 Å². The predicted octanol–water partition coefficient (Wildman–Crippen LogP) is 11.9. The van der Waals surface area contributed by atoms with E-state index in [1.54, 1.807) is 5.56 Å². The minimum absolute atomic E-state index is 0.0485. The third-order valence-electron chi connectivity index (χ3n) is 11.7. The molecule has 45 heavy (non-hydrogen) atoms. The molecule has 0 unspecified atom stereocenters. The molecule has 0 radical (unpaired) electrons. The van der Waals surface area contributed by atoms with Crippen molar-refractivity contribution < 1.29 is 0 Å². The van der Waals surface area contributed by atoms with Gasteiger partial charge in [0, 0.05) is 16.5 Å². The lowest BCUT2D eigenvalue weighted by atomic mass is 9.48. The first-order valence-corrected chi connectivity index (χ1v) is 17.2. The highest BCUT2D eigenvalue weighted by molar-refractivity contribution is 6.10. The zero-order valence-electron chi connectivity index (χ0n) is 26.9. The number of benzene rings is 5. The summed E-state index contributed by atoms with van der Waals surface area (Å²) >= 11 is 0. The Balaban J connectivity index is 1.15. The van der Waals surface area contributed by atoms with Gasteiger partial charge in [0.2, 0.25) is 0 Å². The molecule has 224 valence electrons. The van der Waals surface area contributed by atoms with E-state index in [2.05, 4.69) is 141 Å². The van der Waals surface area contributed by atoms with Crippen molar-refractivity contribution in [1.82, 2.24) is 4.57 Å². The maximum atomic E-state index is 2.50. The Morgan fingerprint density at radius 2 is 1.11 bits per heavy atom. The third-order valence-corrected chi connectivity index (χ3v) is 11.7. The summed E-state index contributed by atoms with van der Waals surface area (Å²) in [6.07, 6.45) is 8.76. The molecule has 4 aliphatic rings. The monoisotopic (exact) mass is 585 g/mol. The molecular formula is C44H43N. The number of hydrogen-bond acceptors (Lipinski definition) is 0. The van der Waals surface area contributed by atoms with Crippen molar-refractivity contribution in [2.45, 2.75) is 70.1 Å². The molecule has 4 fully saturated rings. The Hall–Kier alpha value is -4.10. The second-order valence-electron chi connectivity index (χ2n) is 15.7. The van der Waals surface area contributed by atoms with Gasteiger partial charge < -0.3 is 4.57 Å². The number of hydrogen-bond donors (Lipinski definition) is 0. The Bertz CT molecular complexity index is 2020. The van der Waals surface area contributed by atoms with Crippen LogP contribution < -0.4 is 0 Å². The third kappa shape index (κ3) is 4.50. The average Bonchev–Trinajstić information content (AvgIpc) is 3.38. The standard InChI is InChI=1S/C44H43N/c1-43(2,3)37-23-34(32-13-16-36(17-14-32)44-26-29-19-30(27-44)21-31(20-29)28-44)22-35(24-37)33-15-18-40-39-11-7-8-12-41(39)45(42(40)25-33)38-9-5-4-6-10-38/h4-18,22-25,29-31H,19-21,26-28H2,1-3H3. The molecule has 0 amide bonds. The van der Waals surface area contributed by atoms with Crippen LogP contribution in [0.5, 0.6) is 0 Å². The lowest BCUT2D eigenvalue weighted by Crippen LogP contribution is -2.48. The van der Waals surface area contributed by atoms with E-state index in [0.29, 0.717) is 5.41 Å². The SMILES string of the molecule is CC(C)(C)c1cc(-c2ccc(C34CC5CC(CC(C5)C3)C4)cc2)cc(-c2ccc3c4ccccc4n(-c4ccccc4)c3c2)c1. The van der Waals surface area contributed by atoms with Gasteiger partial charge in [0.05, 0.1) is 11.0 Å². The molecule has 1 heteroatoms. The number of aromatic nitrogens is 1. The van der Waals surface area contributed by atoms with Crippen molar-refractivity contribution in [3.63, 3.8) is 0 Å². The van der Waals surface area contributed by atoms with E-state index in [1.165, 1.54) is 93.8 Å². The fourth-order valence-corrected chi connectivity index (χ4v) is 9.88. The van der Waals surface area contributed by atoms with E-state index in [9.17, 15) is 0 Å². The van der Waals surface area contributed by atoms with Crippen LogP contribution in [0.2, 0.25) is 0 Å². The molecule has 4 bridgehead atoms. The number of nitrogens with zero attached hydrogens (tertiary/aromatic N) is 1. The lowest BCUT2D eigenvalue weighted by Gasteiger charge is -2.57. The highest BCUT2D eigenvalue weighted by atomic mass is 15.0. The van der Waals surface area contributed by atoms with E-state index < -0.39 is 0 Å². The quantitative estimate of drug-likeness (QED) is 0.194. The van der Waals surface area contributed by atoms with Gasteiger partial charge in [-0.1, -0.05) is 106 Å². The minimum atomic E-state index is 0.0485. The van der Waals surface area contributed by atoms with Gasteiger partial charge in [0.1, 0.15) is 0 Å². The molecule has 0 N–H and O–H groups in total. The normalized spacial score (nSPS) is 24.1. The van der Waals surface area contributed by atoms with Gasteiger partial charge in [-0.2, -0.15) is 0 Å². The van der Waals surface area contributed by atoms with Crippen LogP contribution in [-0.2, 0) is 10.8 Å². The molecule has 1 nitrogen and oxygen atoms in total. The molecule has 5 aromatic carbocycles. The predicted molar refractivity (Wildman–Crippen MR) is 190 cm³/mol. The van der Waals surface area contributed by atoms with E-state index in [0.717, 1.165) is 17.8 Å². The molecule has 6 aromatic rings. The van der Waals surface area contributed by atoms with Crippen LogP contribution in [0.15, 0.2) is 115 Å². The van der Waals surface area contributed by atoms with Gasteiger partial charge in [0.25, 0.3) is 0 Å². The first-order chi connectivity index (χ1) is 21.8. The summed E-state index contributed by atoms with van der Waals surface area (Å²) in [6, 6.07) is 43.8. The van der Waals surface area contributed by atoms with Crippen LogP contribution in [0.25, 0.3) is 49.7 Å². The average molecular weight is 586 g/mol. The van der Waals surface area contributed by atoms with E-state index in [4.69, 9.17) is 0 Å². The summed E-state index contributed by atoms with van der Waals surface area (Å²) in [7, 11) is 0. The van der Waals surface area contributed by atoms with Crippen LogP contribution >= 0.6 is 0 Å². The summed E-state index contributed by atoms with van der Waals surface area (Å²) < 4.78 is 2.42. The van der Waals surface area contributed by atoms with Gasteiger partial charge in [-0.3, -0.25) is 0 Å². The van der Waals surface area contributed by atoms with Crippen LogP contribution in [0.1, 0.15) is 70.4 Å². The minimum Gasteiger partial charge on any atom is -0.309 e. The van der Waals surface area contributed by atoms with Crippen LogP contribution in [0, 0.1) is 17.8 Å². The van der Waals surface area contributed by atoms with Crippen molar-refractivity contribution in [2.24, 2.45) is 17.8 Å². The molecule has 0 atom stereocenters. The first kappa shape index (κ1) is 27.2. The Morgan fingerprint density at radius 1 is 0.533 bits per heavy atom. The second-order valence-corrected chi connectivity index (χ2v) is 15.7. The fourth-order valence-electron chi connectivity index (χ4n) is 9.88. The second kappa shape index (κ2) is 9.95. The van der Waals surface area contributed by atoms with Crippen molar-refractivity contribution >= 4 is 21.8 Å². The molecule has 1 aromatic heterocycles. The van der Waals surface area contributed by atoms with Crippen LogP contribution in [-0.4, -0.2) is 4.57 Å². The molecular weight excluding hydrogens is 542 g/mol. The van der Waals surface area contributed by atoms with Gasteiger partial charge in [0.15, 0.2) is 0 Å². The molecule has 4 aliphatic carbocycles. The summed E-state index contributed by atoms with van der Waals surface area (Å²) in [6.45, 7) is 7.01. The summed E-state index contributed by atoms with van der Waals surface area (Å²) in [5, 5.41) is 2.59. The molecule has 10 rings (SSSR count). The van der Waals surface area contributed by atoms with Crippen LogP contribution in [0.4, 0.5) is 0 Å². The zero-order valence-corrected chi connectivity index (χ0v) is 26.9. The summed E-state index contributed by atoms with van der Waals surface area (Å²) in [4.78, 5) is 0. The maximum Gasteiger partial charge on any atom is 0.0547 e. The van der Waals surface area contributed by atoms with Crippen molar-refractivity contribution in [2.75, 3.05) is 0 Å². The largest absolute Gasteiger partial charge is 0.309 e. The number of para-hydroxylation sites is 2. The topological polar surface area (TPSA) is 4.93 Å². The highest BCUT2D eigenvalue weighted by Gasteiger charge is 2.51. The van der Waals surface area contributed by atoms with E-state index >= 15 is 0 Å².